The van der Waals surface area contributed by atoms with Crippen molar-refractivity contribution in [2.45, 2.75) is 16.7 Å². The maximum atomic E-state index is 13.2. The van der Waals surface area contributed by atoms with Crippen molar-refractivity contribution in [2.24, 2.45) is 0 Å². The van der Waals surface area contributed by atoms with Crippen LogP contribution in [0.1, 0.15) is 32.3 Å². The summed E-state index contributed by atoms with van der Waals surface area (Å²) >= 11 is 1.73. The van der Waals surface area contributed by atoms with Gasteiger partial charge >= 0.3 is 0 Å². The standard InChI is InChI=1S/C23H18N2OS/c24-14-18-10-4-5-11-19(18)15-25-16-22(17-8-2-1-3-9-17)27-21-13-7-6-12-20(21)23(25)26/h1-13,22H,15-16H2. The first-order valence-electron chi connectivity index (χ1n) is 8.84. The molecule has 0 aliphatic carbocycles. The molecule has 1 atom stereocenters. The van der Waals surface area contributed by atoms with E-state index in [1.807, 2.05) is 65.6 Å². The summed E-state index contributed by atoms with van der Waals surface area (Å²) < 4.78 is 0. The highest BCUT2D eigenvalue weighted by Crippen LogP contribution is 2.41. The third-order valence-corrected chi connectivity index (χ3v) is 6.05. The van der Waals surface area contributed by atoms with Gasteiger partial charge in [-0.25, -0.2) is 0 Å². The minimum atomic E-state index is 0.0178. The SMILES string of the molecule is N#Cc1ccccc1CN1CC(c2ccccc2)Sc2ccccc2C1=O. The normalized spacial score (nSPS) is 16.3. The summed E-state index contributed by atoms with van der Waals surface area (Å²) in [5.41, 5.74) is 3.43. The minimum absolute atomic E-state index is 0.0178. The lowest BCUT2D eigenvalue weighted by Gasteiger charge is -2.25. The fourth-order valence-corrected chi connectivity index (χ4v) is 4.63. The second-order valence-electron chi connectivity index (χ2n) is 6.47. The Hall–Kier alpha value is -3.03. The minimum Gasteiger partial charge on any atom is -0.333 e. The van der Waals surface area contributed by atoms with E-state index in [-0.39, 0.29) is 11.2 Å². The van der Waals surface area contributed by atoms with Gasteiger partial charge in [0.2, 0.25) is 0 Å². The monoisotopic (exact) mass is 370 g/mol. The number of hydrogen-bond donors (Lipinski definition) is 0. The van der Waals surface area contributed by atoms with E-state index in [2.05, 4.69) is 18.2 Å². The van der Waals surface area contributed by atoms with Gasteiger partial charge in [0.15, 0.2) is 0 Å². The molecule has 0 N–H and O–H groups in total. The van der Waals surface area contributed by atoms with Crippen LogP contribution in [0.15, 0.2) is 83.8 Å². The van der Waals surface area contributed by atoms with Gasteiger partial charge in [0.25, 0.3) is 5.91 Å². The molecule has 132 valence electrons. The molecule has 0 radical (unpaired) electrons. The molecule has 3 aromatic rings. The van der Waals surface area contributed by atoms with E-state index in [0.29, 0.717) is 18.7 Å². The fraction of sp³-hybridized carbons (Fsp3) is 0.130. The molecule has 3 nitrogen and oxygen atoms in total. The van der Waals surface area contributed by atoms with Crippen molar-refractivity contribution in [3.63, 3.8) is 0 Å². The van der Waals surface area contributed by atoms with Crippen molar-refractivity contribution in [3.05, 3.63) is 101 Å². The molecule has 0 fully saturated rings. The molecule has 4 heteroatoms. The smallest absolute Gasteiger partial charge is 0.255 e. The van der Waals surface area contributed by atoms with Crippen LogP contribution >= 0.6 is 11.8 Å². The van der Waals surface area contributed by atoms with Gasteiger partial charge in [-0.1, -0.05) is 60.7 Å². The van der Waals surface area contributed by atoms with Crippen LogP contribution in [0.2, 0.25) is 0 Å². The van der Waals surface area contributed by atoms with E-state index in [9.17, 15) is 10.1 Å². The molecule has 1 heterocycles. The van der Waals surface area contributed by atoms with Gasteiger partial charge in [0.05, 0.1) is 22.4 Å². The summed E-state index contributed by atoms with van der Waals surface area (Å²) in [5.74, 6) is 0.0178. The Morgan fingerprint density at radius 1 is 0.963 bits per heavy atom. The summed E-state index contributed by atoms with van der Waals surface area (Å²) in [6.07, 6.45) is 0. The third-order valence-electron chi connectivity index (χ3n) is 4.73. The molecule has 1 aliphatic rings. The number of hydrogen-bond acceptors (Lipinski definition) is 3. The summed E-state index contributed by atoms with van der Waals surface area (Å²) in [4.78, 5) is 16.1. The largest absolute Gasteiger partial charge is 0.333 e. The molecule has 27 heavy (non-hydrogen) atoms. The van der Waals surface area contributed by atoms with Crippen molar-refractivity contribution in [1.29, 1.82) is 5.26 Å². The summed E-state index contributed by atoms with van der Waals surface area (Å²) in [6, 6.07) is 27.8. The number of carbonyl (C=O) groups is 1. The lowest BCUT2D eigenvalue weighted by molar-refractivity contribution is 0.0743. The van der Waals surface area contributed by atoms with Crippen LogP contribution < -0.4 is 0 Å². The number of benzene rings is 3. The van der Waals surface area contributed by atoms with E-state index < -0.39 is 0 Å². The van der Waals surface area contributed by atoms with E-state index in [4.69, 9.17) is 0 Å². The van der Waals surface area contributed by atoms with E-state index >= 15 is 0 Å². The zero-order valence-electron chi connectivity index (χ0n) is 14.7. The Morgan fingerprint density at radius 3 is 2.48 bits per heavy atom. The van der Waals surface area contributed by atoms with Crippen molar-refractivity contribution in [2.75, 3.05) is 6.54 Å². The molecule has 1 unspecified atom stereocenters. The average Bonchev–Trinajstić information content (AvgIpc) is 2.86. The summed E-state index contributed by atoms with van der Waals surface area (Å²) in [7, 11) is 0. The van der Waals surface area contributed by atoms with Crippen molar-refractivity contribution >= 4 is 17.7 Å². The topological polar surface area (TPSA) is 44.1 Å². The fourth-order valence-electron chi connectivity index (χ4n) is 3.34. The van der Waals surface area contributed by atoms with Crippen molar-refractivity contribution in [3.8, 4) is 6.07 Å². The van der Waals surface area contributed by atoms with Crippen LogP contribution in [0, 0.1) is 11.3 Å². The molecule has 0 saturated carbocycles. The van der Waals surface area contributed by atoms with E-state index in [1.165, 1.54) is 5.56 Å². The highest BCUT2D eigenvalue weighted by atomic mass is 32.2. The second kappa shape index (κ2) is 7.69. The highest BCUT2D eigenvalue weighted by Gasteiger charge is 2.29. The number of amides is 1. The van der Waals surface area contributed by atoms with Crippen LogP contribution in [-0.2, 0) is 6.54 Å². The Morgan fingerprint density at radius 2 is 1.67 bits per heavy atom. The number of fused-ring (bicyclic) bond motifs is 1. The third kappa shape index (κ3) is 3.60. The molecular weight excluding hydrogens is 352 g/mol. The number of thioether (sulfide) groups is 1. The summed E-state index contributed by atoms with van der Waals surface area (Å²) in [6.45, 7) is 1.03. The van der Waals surface area contributed by atoms with Gasteiger partial charge < -0.3 is 4.90 Å². The molecule has 0 aromatic heterocycles. The summed E-state index contributed by atoms with van der Waals surface area (Å²) in [5, 5.41) is 9.55. The lowest BCUT2D eigenvalue weighted by atomic mass is 10.1. The van der Waals surface area contributed by atoms with Crippen LogP contribution in [0.4, 0.5) is 0 Å². The zero-order valence-corrected chi connectivity index (χ0v) is 15.5. The van der Waals surface area contributed by atoms with Crippen LogP contribution in [0.25, 0.3) is 0 Å². The van der Waals surface area contributed by atoms with Crippen molar-refractivity contribution < 1.29 is 4.79 Å². The van der Waals surface area contributed by atoms with Crippen molar-refractivity contribution in [1.82, 2.24) is 4.90 Å². The Kier molecular flexibility index (Phi) is 4.95. The molecule has 0 bridgehead atoms. The maximum Gasteiger partial charge on any atom is 0.255 e. The van der Waals surface area contributed by atoms with E-state index in [0.717, 1.165) is 16.0 Å². The zero-order chi connectivity index (χ0) is 18.6. The Labute approximate surface area is 163 Å². The van der Waals surface area contributed by atoms with Crippen LogP contribution in [0.5, 0.6) is 0 Å². The highest BCUT2D eigenvalue weighted by molar-refractivity contribution is 7.99. The van der Waals surface area contributed by atoms with Gasteiger partial charge in [-0.2, -0.15) is 5.26 Å². The first kappa shape index (κ1) is 17.4. The number of nitrogens with zero attached hydrogens (tertiary/aromatic N) is 2. The Bertz CT molecular complexity index is 1010. The van der Waals surface area contributed by atoms with E-state index in [1.54, 1.807) is 17.8 Å². The maximum absolute atomic E-state index is 13.2. The molecule has 4 rings (SSSR count). The average molecular weight is 370 g/mol. The molecule has 1 amide bonds. The molecule has 0 spiro atoms. The number of nitriles is 1. The molecule has 3 aromatic carbocycles. The predicted molar refractivity (Wildman–Crippen MR) is 107 cm³/mol. The first-order valence-corrected chi connectivity index (χ1v) is 9.72. The lowest BCUT2D eigenvalue weighted by Crippen LogP contribution is -2.32. The van der Waals surface area contributed by atoms with Crippen LogP contribution in [0.3, 0.4) is 0 Å². The van der Waals surface area contributed by atoms with Gasteiger partial charge in [-0.3, -0.25) is 4.79 Å². The van der Waals surface area contributed by atoms with Gasteiger partial charge in [-0.15, -0.1) is 11.8 Å². The quantitative estimate of drug-likeness (QED) is 0.648. The van der Waals surface area contributed by atoms with Crippen LogP contribution in [-0.4, -0.2) is 17.4 Å². The molecular formula is C23H18N2OS. The second-order valence-corrected chi connectivity index (χ2v) is 7.71. The Balaban J connectivity index is 1.74. The van der Waals surface area contributed by atoms with Gasteiger partial charge in [0, 0.05) is 18.0 Å². The molecule has 1 aliphatic heterocycles. The first-order chi connectivity index (χ1) is 13.3. The number of rotatable bonds is 3. The molecule has 0 saturated heterocycles. The van der Waals surface area contributed by atoms with Gasteiger partial charge in [0.1, 0.15) is 0 Å². The number of carbonyl (C=O) groups excluding carboxylic acids is 1. The van der Waals surface area contributed by atoms with Gasteiger partial charge in [-0.05, 0) is 29.3 Å². The predicted octanol–water partition coefficient (Wildman–Crippen LogP) is 5.05.